The van der Waals surface area contributed by atoms with Crippen molar-refractivity contribution in [3.8, 4) is 0 Å². The summed E-state index contributed by atoms with van der Waals surface area (Å²) in [6.07, 6.45) is 0.431. The number of Topliss-reactive ketones (excluding diaryl/α,β-unsaturated/α-hetero) is 1. The van der Waals surface area contributed by atoms with Crippen LogP contribution in [0.2, 0.25) is 0 Å². The molecule has 0 unspecified atom stereocenters. The molecule has 0 bridgehead atoms. The Morgan fingerprint density at radius 3 is 2.88 bits per heavy atom. The molecule has 0 spiro atoms. The molecule has 46 valence electrons. The third kappa shape index (κ3) is 5.94. The van der Waals surface area contributed by atoms with Gasteiger partial charge in [0, 0.05) is 0 Å². The molecule has 0 atom stereocenters. The normalized spacial score (nSPS) is 9.25. The van der Waals surface area contributed by atoms with Crippen LogP contribution in [-0.2, 0) is 9.08 Å². The molecule has 2 radical (unpaired) electrons. The summed E-state index contributed by atoms with van der Waals surface area (Å²) in [4.78, 5) is 10.2. The highest BCUT2D eigenvalue weighted by Crippen LogP contribution is 1.80. The van der Waals surface area contributed by atoms with Gasteiger partial charge in [-0.15, -0.1) is 0 Å². The summed E-state index contributed by atoms with van der Waals surface area (Å²) < 4.78 is 4.06. The van der Waals surface area contributed by atoms with Crippen LogP contribution in [0.3, 0.4) is 0 Å². The number of hydroxylamine groups is 1. The minimum Gasteiger partial charge on any atom is -0.300 e. The van der Waals surface area contributed by atoms with E-state index in [1.54, 1.807) is 0 Å². The molecule has 0 saturated heterocycles. The number of ketones is 1. The predicted molar refractivity (Wildman–Crippen MR) is 32.4 cm³/mol. The van der Waals surface area contributed by atoms with Crippen LogP contribution in [0.25, 0.3) is 0 Å². The van der Waals surface area contributed by atoms with Gasteiger partial charge >= 0.3 is 0 Å². The molecule has 0 rings (SSSR count). The van der Waals surface area contributed by atoms with Crippen molar-refractivity contribution < 1.29 is 9.08 Å². The van der Waals surface area contributed by atoms with Gasteiger partial charge in [0.15, 0.2) is 0 Å². The van der Waals surface area contributed by atoms with E-state index in [9.17, 15) is 4.79 Å². The highest BCUT2D eigenvalue weighted by molar-refractivity contribution is 7.75. The van der Waals surface area contributed by atoms with E-state index in [1.165, 1.54) is 6.92 Å². The Morgan fingerprint density at radius 1 is 1.88 bits per heavy atom. The first-order chi connectivity index (χ1) is 3.77. The van der Waals surface area contributed by atoms with Gasteiger partial charge in [-0.25, -0.2) is 0 Å². The minimum atomic E-state index is 0.110. The highest BCUT2D eigenvalue weighted by atomic mass is 32.1. The van der Waals surface area contributed by atoms with Crippen LogP contribution in [0.4, 0.5) is 0 Å². The monoisotopic (exact) mass is 134 g/mol. The Bertz CT molecular complexity index is 76.4. The SMILES string of the molecule is CC(=O)CC[N+]OS. The van der Waals surface area contributed by atoms with Crippen molar-refractivity contribution in [2.45, 2.75) is 13.3 Å². The van der Waals surface area contributed by atoms with Crippen LogP contribution in [-0.4, -0.2) is 12.3 Å². The molecule has 0 aliphatic rings. The van der Waals surface area contributed by atoms with Gasteiger partial charge in [0.25, 0.3) is 5.48 Å². The maximum absolute atomic E-state index is 10.2. The third-order valence-corrected chi connectivity index (χ3v) is 0.728. The first-order valence-electron chi connectivity index (χ1n) is 2.24. The van der Waals surface area contributed by atoms with Gasteiger partial charge in [-0.3, -0.25) is 4.79 Å². The molecule has 0 aromatic rings. The Hall–Kier alpha value is -0.0600. The average molecular weight is 134 g/mol. The molecule has 4 heteroatoms. The second-order valence-corrected chi connectivity index (χ2v) is 1.55. The van der Waals surface area contributed by atoms with E-state index in [4.69, 9.17) is 0 Å². The molecule has 0 aliphatic carbocycles. The van der Waals surface area contributed by atoms with Gasteiger partial charge in [0.1, 0.15) is 5.78 Å². The van der Waals surface area contributed by atoms with Gasteiger partial charge in [-0.1, -0.05) is 0 Å². The fourth-order valence-corrected chi connectivity index (χ4v) is 0.326. The topological polar surface area (TPSA) is 40.4 Å². The molecule has 0 fully saturated rings. The van der Waals surface area contributed by atoms with E-state index in [-0.39, 0.29) is 5.78 Å². The zero-order chi connectivity index (χ0) is 6.41. The summed E-state index contributed by atoms with van der Waals surface area (Å²) in [7, 11) is 0. The van der Waals surface area contributed by atoms with Crippen molar-refractivity contribution in [3.05, 3.63) is 0 Å². The van der Waals surface area contributed by atoms with Gasteiger partial charge in [0.2, 0.25) is 6.54 Å². The Kier molecular flexibility index (Phi) is 5.05. The van der Waals surface area contributed by atoms with Crippen molar-refractivity contribution in [1.82, 2.24) is 5.48 Å². The van der Waals surface area contributed by atoms with E-state index in [0.717, 1.165) is 0 Å². The Labute approximate surface area is 54.0 Å². The van der Waals surface area contributed by atoms with Crippen molar-refractivity contribution in [2.24, 2.45) is 0 Å². The molecule has 0 aromatic heterocycles. The molecule has 0 heterocycles. The van der Waals surface area contributed by atoms with Crippen LogP contribution in [0.5, 0.6) is 0 Å². The Balaban J connectivity index is 2.82. The van der Waals surface area contributed by atoms with Crippen LogP contribution >= 0.6 is 12.9 Å². The summed E-state index contributed by atoms with van der Waals surface area (Å²) in [6.45, 7) is 1.91. The molecule has 0 saturated carbocycles. The molecular weight excluding hydrogens is 126 g/mol. The summed E-state index contributed by atoms with van der Waals surface area (Å²) in [5.41, 5.74) is 3.36. The molecule has 0 amide bonds. The van der Waals surface area contributed by atoms with Crippen molar-refractivity contribution in [1.29, 1.82) is 0 Å². The first-order valence-corrected chi connectivity index (χ1v) is 2.60. The van der Waals surface area contributed by atoms with Gasteiger partial charge < -0.3 is 0 Å². The summed E-state index contributed by atoms with van der Waals surface area (Å²) >= 11 is 3.35. The average Bonchev–Trinajstić information content (AvgIpc) is 1.66. The number of hydrogen-bond acceptors (Lipinski definition) is 3. The molecule has 0 N–H and O–H groups in total. The van der Waals surface area contributed by atoms with Crippen LogP contribution < -0.4 is 5.48 Å². The van der Waals surface area contributed by atoms with E-state index in [0.29, 0.717) is 13.0 Å². The van der Waals surface area contributed by atoms with Gasteiger partial charge in [-0.2, -0.15) is 0 Å². The second kappa shape index (κ2) is 5.08. The van der Waals surface area contributed by atoms with Crippen LogP contribution in [0.1, 0.15) is 13.3 Å². The van der Waals surface area contributed by atoms with Gasteiger partial charge in [0.05, 0.1) is 19.3 Å². The molecular formula is C4H8NO2S+. The fourth-order valence-electron chi connectivity index (χ4n) is 0.244. The zero-order valence-corrected chi connectivity index (χ0v) is 5.52. The number of carbonyl (C=O) groups excluding carboxylic acids is 1. The fraction of sp³-hybridized carbons (Fsp3) is 0.750. The van der Waals surface area contributed by atoms with E-state index < -0.39 is 0 Å². The van der Waals surface area contributed by atoms with Gasteiger partial charge in [-0.05, 0) is 11.2 Å². The summed E-state index contributed by atoms with van der Waals surface area (Å²) in [5, 5.41) is 0. The van der Waals surface area contributed by atoms with E-state index in [1.807, 2.05) is 0 Å². The van der Waals surface area contributed by atoms with Crippen molar-refractivity contribution >= 4 is 18.7 Å². The Morgan fingerprint density at radius 2 is 2.50 bits per heavy atom. The van der Waals surface area contributed by atoms with Crippen LogP contribution in [0.15, 0.2) is 0 Å². The highest BCUT2D eigenvalue weighted by Gasteiger charge is 2.04. The third-order valence-electron chi connectivity index (χ3n) is 0.613. The predicted octanol–water partition coefficient (Wildman–Crippen LogP) is 0.346. The number of carbonyl (C=O) groups is 1. The van der Waals surface area contributed by atoms with Crippen molar-refractivity contribution in [3.63, 3.8) is 0 Å². The largest absolute Gasteiger partial charge is 0.300 e. The molecule has 3 nitrogen and oxygen atoms in total. The number of rotatable bonds is 4. The van der Waals surface area contributed by atoms with Crippen LogP contribution in [0, 0.1) is 0 Å². The quantitative estimate of drug-likeness (QED) is 0.261. The van der Waals surface area contributed by atoms with E-state index in [2.05, 4.69) is 22.7 Å². The van der Waals surface area contributed by atoms with Crippen molar-refractivity contribution in [2.75, 3.05) is 6.54 Å². The maximum atomic E-state index is 10.2. The lowest BCUT2D eigenvalue weighted by Gasteiger charge is -1.77. The summed E-state index contributed by atoms with van der Waals surface area (Å²) in [5.74, 6) is 0.110. The number of nitrogens with zero attached hydrogens (tertiary/aromatic N) is 1. The molecule has 0 aliphatic heterocycles. The second-order valence-electron chi connectivity index (χ2n) is 1.39. The summed E-state index contributed by atoms with van der Waals surface area (Å²) in [6, 6.07) is 0. The first kappa shape index (κ1) is 7.94. The number of hydrogen-bond donors (Lipinski definition) is 1. The van der Waals surface area contributed by atoms with E-state index >= 15 is 0 Å². The lowest BCUT2D eigenvalue weighted by molar-refractivity contribution is -0.117. The smallest absolute Gasteiger partial charge is 0.278 e. The minimum absolute atomic E-state index is 0.110. The molecule has 8 heavy (non-hydrogen) atoms. The lowest BCUT2D eigenvalue weighted by atomic mass is 10.3. The molecule has 0 aromatic carbocycles. The zero-order valence-electron chi connectivity index (χ0n) is 4.63. The standard InChI is InChI=1S/C4H8NO2S/c1-4(6)2-3-5-7-8/h8H,2-3H2,1H3/q+1. The maximum Gasteiger partial charge on any atom is 0.278 e. The number of thiol groups is 1. The lowest BCUT2D eigenvalue weighted by Crippen LogP contribution is -2.05.